The molecule has 2 aliphatic rings. The van der Waals surface area contributed by atoms with Crippen molar-refractivity contribution in [2.75, 3.05) is 4.90 Å². The third-order valence-electron chi connectivity index (χ3n) is 6.69. The molecule has 5 rings (SSSR count). The Bertz CT molecular complexity index is 1290. The molecule has 1 aliphatic carbocycles. The number of nitrogens with zero attached hydrogens (tertiary/aromatic N) is 2. The highest BCUT2D eigenvalue weighted by molar-refractivity contribution is 6.51. The number of hydrogen-bond donors (Lipinski definition) is 1. The number of pyridine rings is 1. The van der Waals surface area contributed by atoms with Crippen molar-refractivity contribution >= 4 is 23.1 Å². The lowest BCUT2D eigenvalue weighted by atomic mass is 9.89. The molecule has 0 bridgehead atoms. The molecule has 1 saturated heterocycles. The average molecular weight is 439 g/mol. The number of aryl methyl sites for hydroxylation is 4. The number of anilines is 1. The molecule has 2 aromatic carbocycles. The summed E-state index contributed by atoms with van der Waals surface area (Å²) in [6.45, 7) is 3.86. The number of aromatic nitrogens is 1. The third-order valence-corrected chi connectivity index (χ3v) is 6.69. The summed E-state index contributed by atoms with van der Waals surface area (Å²) in [5, 5.41) is 11.4. The molecule has 1 unspecified atom stereocenters. The van der Waals surface area contributed by atoms with E-state index in [1.165, 1.54) is 22.4 Å². The van der Waals surface area contributed by atoms with E-state index in [0.29, 0.717) is 16.8 Å². The van der Waals surface area contributed by atoms with E-state index in [-0.39, 0.29) is 11.3 Å². The molecule has 33 heavy (non-hydrogen) atoms. The molecule has 1 aliphatic heterocycles. The van der Waals surface area contributed by atoms with Crippen molar-refractivity contribution in [2.24, 2.45) is 0 Å². The van der Waals surface area contributed by atoms with Crippen LogP contribution in [0.25, 0.3) is 5.76 Å². The Morgan fingerprint density at radius 3 is 2.55 bits per heavy atom. The smallest absolute Gasteiger partial charge is 0.300 e. The zero-order valence-corrected chi connectivity index (χ0v) is 18.8. The Hall–Kier alpha value is -3.73. The van der Waals surface area contributed by atoms with Gasteiger partial charge in [-0.15, -0.1) is 0 Å². The number of ketones is 1. The number of Topliss-reactive ketones (excluding diaryl/α,β-unsaturated/α-hetero) is 1. The van der Waals surface area contributed by atoms with Crippen molar-refractivity contribution in [1.82, 2.24) is 4.98 Å². The standard InChI is InChI=1S/C28H26N2O3/c1-17-9-10-18(2)23(14-17)30-25(22-8-5-13-29-16-22)24(27(32)28(30)33)26(31)21-12-11-19-6-3-4-7-20(19)15-21/h5,8-16,25,31H,3-4,6-7H2,1-2H3/b26-24-. The van der Waals surface area contributed by atoms with E-state index < -0.39 is 17.7 Å². The van der Waals surface area contributed by atoms with Gasteiger partial charge in [0.25, 0.3) is 11.7 Å². The number of benzene rings is 2. The van der Waals surface area contributed by atoms with Crippen molar-refractivity contribution in [2.45, 2.75) is 45.6 Å². The molecule has 5 heteroatoms. The summed E-state index contributed by atoms with van der Waals surface area (Å²) in [5.41, 5.74) is 6.37. The second kappa shape index (κ2) is 8.32. The van der Waals surface area contributed by atoms with Gasteiger partial charge in [0.15, 0.2) is 0 Å². The number of aliphatic hydroxyl groups is 1. The largest absolute Gasteiger partial charge is 0.507 e. The predicted octanol–water partition coefficient (Wildman–Crippen LogP) is 5.20. The van der Waals surface area contributed by atoms with Gasteiger partial charge >= 0.3 is 0 Å². The van der Waals surface area contributed by atoms with Gasteiger partial charge in [0.2, 0.25) is 0 Å². The zero-order valence-electron chi connectivity index (χ0n) is 18.8. The Balaban J connectivity index is 1.71. The van der Waals surface area contributed by atoms with Gasteiger partial charge in [-0.2, -0.15) is 0 Å². The van der Waals surface area contributed by atoms with E-state index in [2.05, 4.69) is 4.98 Å². The highest BCUT2D eigenvalue weighted by atomic mass is 16.3. The van der Waals surface area contributed by atoms with E-state index in [4.69, 9.17) is 0 Å². The molecule has 166 valence electrons. The number of carbonyl (C=O) groups is 2. The van der Waals surface area contributed by atoms with Crippen molar-refractivity contribution in [3.8, 4) is 0 Å². The molecule has 5 nitrogen and oxygen atoms in total. The second-order valence-corrected chi connectivity index (χ2v) is 8.94. The fourth-order valence-corrected chi connectivity index (χ4v) is 4.95. The fraction of sp³-hybridized carbons (Fsp3) is 0.250. The number of rotatable bonds is 3. The Morgan fingerprint density at radius 1 is 1.00 bits per heavy atom. The van der Waals surface area contributed by atoms with Gasteiger partial charge in [0, 0.05) is 23.6 Å². The molecule has 0 saturated carbocycles. The third kappa shape index (κ3) is 3.63. The summed E-state index contributed by atoms with van der Waals surface area (Å²) in [4.78, 5) is 32.4. The van der Waals surface area contributed by atoms with E-state index in [1.807, 2.05) is 56.3 Å². The molecule has 2 heterocycles. The van der Waals surface area contributed by atoms with E-state index in [0.717, 1.165) is 30.4 Å². The van der Waals surface area contributed by atoms with Crippen LogP contribution in [0.15, 0.2) is 66.5 Å². The first-order valence-corrected chi connectivity index (χ1v) is 11.4. The SMILES string of the molecule is Cc1ccc(C)c(N2C(=O)C(=O)/C(=C(\O)c3ccc4c(c3)CCCC4)C2c2cccnc2)c1. The van der Waals surface area contributed by atoms with Gasteiger partial charge in [0.05, 0.1) is 11.6 Å². The second-order valence-electron chi connectivity index (χ2n) is 8.94. The predicted molar refractivity (Wildman–Crippen MR) is 128 cm³/mol. The van der Waals surface area contributed by atoms with Crippen LogP contribution in [0.2, 0.25) is 0 Å². The summed E-state index contributed by atoms with van der Waals surface area (Å²) < 4.78 is 0. The minimum Gasteiger partial charge on any atom is -0.507 e. The Morgan fingerprint density at radius 2 is 1.79 bits per heavy atom. The van der Waals surface area contributed by atoms with Gasteiger partial charge < -0.3 is 5.11 Å². The molecule has 1 fully saturated rings. The van der Waals surface area contributed by atoms with E-state index in [9.17, 15) is 14.7 Å². The maximum Gasteiger partial charge on any atom is 0.300 e. The summed E-state index contributed by atoms with van der Waals surface area (Å²) in [7, 11) is 0. The van der Waals surface area contributed by atoms with Gasteiger partial charge in [-0.3, -0.25) is 19.5 Å². The number of amides is 1. The van der Waals surface area contributed by atoms with E-state index >= 15 is 0 Å². The molecule has 0 radical (unpaired) electrons. The van der Waals surface area contributed by atoms with Gasteiger partial charge in [-0.05, 0) is 85.5 Å². The maximum absolute atomic E-state index is 13.3. The summed E-state index contributed by atoms with van der Waals surface area (Å²) in [5.74, 6) is -1.46. The van der Waals surface area contributed by atoms with Crippen LogP contribution < -0.4 is 4.90 Å². The summed E-state index contributed by atoms with van der Waals surface area (Å²) in [6, 6.07) is 14.5. The first kappa shape index (κ1) is 21.1. The highest BCUT2D eigenvalue weighted by Crippen LogP contribution is 2.43. The molecular weight excluding hydrogens is 412 g/mol. The molecule has 1 atom stereocenters. The van der Waals surface area contributed by atoms with Gasteiger partial charge in [0.1, 0.15) is 5.76 Å². The first-order valence-electron chi connectivity index (χ1n) is 11.4. The van der Waals surface area contributed by atoms with Crippen LogP contribution in [0.1, 0.15) is 52.3 Å². The number of fused-ring (bicyclic) bond motifs is 1. The van der Waals surface area contributed by atoms with Crippen LogP contribution in [0, 0.1) is 13.8 Å². The van der Waals surface area contributed by atoms with E-state index in [1.54, 1.807) is 18.5 Å². The normalized spacial score (nSPS) is 19.6. The van der Waals surface area contributed by atoms with Crippen LogP contribution in [0.5, 0.6) is 0 Å². The molecule has 0 spiro atoms. The Kier molecular flexibility index (Phi) is 5.33. The van der Waals surface area contributed by atoms with Crippen LogP contribution in [0.3, 0.4) is 0 Å². The van der Waals surface area contributed by atoms with Crippen LogP contribution in [0.4, 0.5) is 5.69 Å². The first-order chi connectivity index (χ1) is 16.0. The average Bonchev–Trinajstić information content (AvgIpc) is 3.10. The minimum atomic E-state index is -0.754. The molecular formula is C28H26N2O3. The lowest BCUT2D eigenvalue weighted by molar-refractivity contribution is -0.132. The molecule has 1 amide bonds. The molecule has 1 aromatic heterocycles. The number of hydrogen-bond acceptors (Lipinski definition) is 4. The van der Waals surface area contributed by atoms with Gasteiger partial charge in [-0.25, -0.2) is 0 Å². The zero-order chi connectivity index (χ0) is 23.1. The summed E-state index contributed by atoms with van der Waals surface area (Å²) >= 11 is 0. The summed E-state index contributed by atoms with van der Waals surface area (Å²) in [6.07, 6.45) is 7.57. The number of aliphatic hydroxyl groups excluding tert-OH is 1. The molecule has 3 aromatic rings. The van der Waals surface area contributed by atoms with Crippen molar-refractivity contribution in [1.29, 1.82) is 0 Å². The topological polar surface area (TPSA) is 70.5 Å². The lowest BCUT2D eigenvalue weighted by Crippen LogP contribution is -2.30. The quantitative estimate of drug-likeness (QED) is 0.346. The van der Waals surface area contributed by atoms with Crippen LogP contribution >= 0.6 is 0 Å². The lowest BCUT2D eigenvalue weighted by Gasteiger charge is -2.27. The van der Waals surface area contributed by atoms with Gasteiger partial charge in [-0.1, -0.05) is 30.3 Å². The minimum absolute atomic E-state index is 0.102. The monoisotopic (exact) mass is 438 g/mol. The van der Waals surface area contributed by atoms with Crippen molar-refractivity contribution < 1.29 is 14.7 Å². The van der Waals surface area contributed by atoms with Crippen molar-refractivity contribution in [3.05, 3.63) is 99.9 Å². The highest BCUT2D eigenvalue weighted by Gasteiger charge is 2.47. The Labute approximate surface area is 193 Å². The fourth-order valence-electron chi connectivity index (χ4n) is 4.95. The number of carbonyl (C=O) groups excluding carboxylic acids is 2. The van der Waals surface area contributed by atoms with Crippen molar-refractivity contribution in [3.63, 3.8) is 0 Å². The molecule has 1 N–H and O–H groups in total. The maximum atomic E-state index is 13.3. The van der Waals surface area contributed by atoms with Crippen LogP contribution in [-0.4, -0.2) is 21.8 Å². The van der Waals surface area contributed by atoms with Crippen LogP contribution in [-0.2, 0) is 22.4 Å².